The van der Waals surface area contributed by atoms with Gasteiger partial charge in [-0.25, -0.2) is 0 Å². The molecule has 0 saturated carbocycles. The second-order valence-corrected chi connectivity index (χ2v) is 7.72. The summed E-state index contributed by atoms with van der Waals surface area (Å²) in [6, 6.07) is 0. The molecule has 1 aliphatic rings. The van der Waals surface area contributed by atoms with Gasteiger partial charge in [0.25, 0.3) is 0 Å². The number of carboxylic acid groups (broad SMARTS) is 2. The van der Waals surface area contributed by atoms with Gasteiger partial charge in [-0.2, -0.15) is 0 Å². The Bertz CT molecular complexity index is 471. The number of unbranched alkanes of at least 4 members (excludes halogenated alkanes) is 6. The van der Waals surface area contributed by atoms with E-state index in [1.165, 1.54) is 25.7 Å². The molecule has 0 bridgehead atoms. The highest BCUT2D eigenvalue weighted by atomic mass is 16.4. The number of hydrogen-bond donors (Lipinski definition) is 2. The van der Waals surface area contributed by atoms with Crippen LogP contribution in [0.4, 0.5) is 0 Å². The van der Waals surface area contributed by atoms with Gasteiger partial charge in [0.15, 0.2) is 0 Å². The van der Waals surface area contributed by atoms with Crippen LogP contribution in [0.1, 0.15) is 91.4 Å². The zero-order valence-corrected chi connectivity index (χ0v) is 16.2. The Labute approximate surface area is 152 Å². The minimum Gasteiger partial charge on any atom is -0.481 e. The first kappa shape index (κ1) is 21.7. The van der Waals surface area contributed by atoms with Crippen LogP contribution in [0.25, 0.3) is 0 Å². The van der Waals surface area contributed by atoms with E-state index in [-0.39, 0.29) is 5.92 Å². The summed E-state index contributed by atoms with van der Waals surface area (Å²) in [5.74, 6) is -2.06. The molecule has 0 spiro atoms. The first-order valence-electron chi connectivity index (χ1n) is 10.0. The summed E-state index contributed by atoms with van der Waals surface area (Å²) in [6.07, 6.45) is 13.3. The average Bonchev–Trinajstić information content (AvgIpc) is 2.60. The van der Waals surface area contributed by atoms with Gasteiger partial charge in [-0.1, -0.05) is 84.3 Å². The quantitative estimate of drug-likeness (QED) is 0.351. The standard InChI is InChI=1S/C21H36O4/c1-4-6-7-8-9-10-11-14-20(18(22)23)15-12-13-16-21(20,19(24)25)17(3)5-2/h12-13,17H,4-11,14-16H2,1-3H3,(H,22,23)(H,24,25). The van der Waals surface area contributed by atoms with E-state index in [1.807, 2.05) is 26.0 Å². The topological polar surface area (TPSA) is 74.6 Å². The molecule has 0 amide bonds. The van der Waals surface area contributed by atoms with Crippen LogP contribution in [0.15, 0.2) is 12.2 Å². The normalized spacial score (nSPS) is 27.2. The summed E-state index contributed by atoms with van der Waals surface area (Å²) in [7, 11) is 0. The van der Waals surface area contributed by atoms with E-state index >= 15 is 0 Å². The highest BCUT2D eigenvalue weighted by molar-refractivity contribution is 5.87. The van der Waals surface area contributed by atoms with Gasteiger partial charge in [-0.15, -0.1) is 0 Å². The van der Waals surface area contributed by atoms with Crippen LogP contribution in [0.5, 0.6) is 0 Å². The highest BCUT2D eigenvalue weighted by Crippen LogP contribution is 2.57. The third kappa shape index (κ3) is 4.45. The van der Waals surface area contributed by atoms with Crippen molar-refractivity contribution in [2.45, 2.75) is 91.4 Å². The van der Waals surface area contributed by atoms with Gasteiger partial charge in [0.05, 0.1) is 10.8 Å². The maximum absolute atomic E-state index is 12.3. The summed E-state index contributed by atoms with van der Waals surface area (Å²) < 4.78 is 0. The molecule has 4 heteroatoms. The van der Waals surface area contributed by atoms with Gasteiger partial charge in [0.2, 0.25) is 0 Å². The fourth-order valence-electron chi connectivity index (χ4n) is 4.55. The Hall–Kier alpha value is -1.32. The first-order chi connectivity index (χ1) is 11.9. The molecule has 1 aliphatic carbocycles. The van der Waals surface area contributed by atoms with Crippen LogP contribution in [0, 0.1) is 16.7 Å². The molecule has 0 fully saturated rings. The van der Waals surface area contributed by atoms with Gasteiger partial charge >= 0.3 is 11.9 Å². The van der Waals surface area contributed by atoms with E-state index in [1.54, 1.807) is 0 Å². The van der Waals surface area contributed by atoms with E-state index in [0.717, 1.165) is 19.3 Å². The molecule has 4 nitrogen and oxygen atoms in total. The van der Waals surface area contributed by atoms with Crippen molar-refractivity contribution in [2.24, 2.45) is 16.7 Å². The van der Waals surface area contributed by atoms with Crippen molar-refractivity contribution in [3.8, 4) is 0 Å². The van der Waals surface area contributed by atoms with Crippen LogP contribution < -0.4 is 0 Å². The van der Waals surface area contributed by atoms with Crippen molar-refractivity contribution in [3.63, 3.8) is 0 Å². The molecule has 0 aromatic rings. The summed E-state index contributed by atoms with van der Waals surface area (Å²) in [5.41, 5.74) is -2.39. The Morgan fingerprint density at radius 3 is 2.00 bits per heavy atom. The molecule has 0 saturated heterocycles. The third-order valence-corrected chi connectivity index (χ3v) is 6.38. The molecule has 3 unspecified atom stereocenters. The molecule has 3 atom stereocenters. The third-order valence-electron chi connectivity index (χ3n) is 6.38. The van der Waals surface area contributed by atoms with E-state index < -0.39 is 22.8 Å². The maximum atomic E-state index is 12.3. The lowest BCUT2D eigenvalue weighted by molar-refractivity contribution is -0.182. The lowest BCUT2D eigenvalue weighted by atomic mass is 9.50. The Morgan fingerprint density at radius 2 is 1.48 bits per heavy atom. The molecular weight excluding hydrogens is 316 g/mol. The van der Waals surface area contributed by atoms with E-state index in [2.05, 4.69) is 6.92 Å². The predicted molar refractivity (Wildman–Crippen MR) is 101 cm³/mol. The zero-order valence-electron chi connectivity index (χ0n) is 16.2. The molecule has 0 aliphatic heterocycles. The molecule has 0 aromatic heterocycles. The highest BCUT2D eigenvalue weighted by Gasteiger charge is 2.62. The maximum Gasteiger partial charge on any atom is 0.311 e. The fourth-order valence-corrected chi connectivity index (χ4v) is 4.55. The first-order valence-corrected chi connectivity index (χ1v) is 10.0. The Morgan fingerprint density at radius 1 is 0.920 bits per heavy atom. The minimum atomic E-state index is -1.20. The second-order valence-electron chi connectivity index (χ2n) is 7.72. The van der Waals surface area contributed by atoms with Crippen LogP contribution in [0.3, 0.4) is 0 Å². The largest absolute Gasteiger partial charge is 0.481 e. The lowest BCUT2D eigenvalue weighted by Gasteiger charge is -2.50. The van der Waals surface area contributed by atoms with Crippen molar-refractivity contribution >= 4 is 11.9 Å². The summed E-state index contributed by atoms with van der Waals surface area (Å²) in [4.78, 5) is 24.6. The molecule has 0 aromatic carbocycles. The molecule has 2 N–H and O–H groups in total. The number of rotatable bonds is 12. The number of allylic oxidation sites excluding steroid dienone is 2. The van der Waals surface area contributed by atoms with Crippen molar-refractivity contribution in [1.29, 1.82) is 0 Å². The smallest absolute Gasteiger partial charge is 0.311 e. The van der Waals surface area contributed by atoms with Crippen molar-refractivity contribution in [1.82, 2.24) is 0 Å². The van der Waals surface area contributed by atoms with Crippen molar-refractivity contribution in [3.05, 3.63) is 12.2 Å². The fraction of sp³-hybridized carbons (Fsp3) is 0.810. The molecule has 0 radical (unpaired) electrons. The predicted octanol–water partition coefficient (Wildman–Crippen LogP) is 5.67. The minimum absolute atomic E-state index is 0.171. The van der Waals surface area contributed by atoms with Crippen LogP contribution in [0.2, 0.25) is 0 Å². The van der Waals surface area contributed by atoms with Crippen LogP contribution >= 0.6 is 0 Å². The Kier molecular flexibility index (Phi) is 8.67. The van der Waals surface area contributed by atoms with E-state index in [0.29, 0.717) is 25.7 Å². The van der Waals surface area contributed by atoms with Gasteiger partial charge in [-0.05, 0) is 25.2 Å². The monoisotopic (exact) mass is 352 g/mol. The van der Waals surface area contributed by atoms with E-state index in [9.17, 15) is 19.8 Å². The molecule has 144 valence electrons. The lowest BCUT2D eigenvalue weighted by Crippen LogP contribution is -2.56. The number of carbonyl (C=O) groups is 2. The van der Waals surface area contributed by atoms with Crippen LogP contribution in [-0.4, -0.2) is 22.2 Å². The molecule has 1 rings (SSSR count). The molecule has 25 heavy (non-hydrogen) atoms. The molecular formula is C21H36O4. The SMILES string of the molecule is CCCCCCCCCC1(C(=O)O)CC=CCC1(C(=O)O)C(C)CC. The number of hydrogen-bond acceptors (Lipinski definition) is 2. The van der Waals surface area contributed by atoms with Gasteiger partial charge in [-0.3, -0.25) is 9.59 Å². The summed E-state index contributed by atoms with van der Waals surface area (Å²) in [6.45, 7) is 6.04. The number of carboxylic acids is 2. The second kappa shape index (κ2) is 9.98. The van der Waals surface area contributed by atoms with Crippen molar-refractivity contribution < 1.29 is 19.8 Å². The number of aliphatic carboxylic acids is 2. The van der Waals surface area contributed by atoms with Gasteiger partial charge in [0.1, 0.15) is 0 Å². The summed E-state index contributed by atoms with van der Waals surface area (Å²) >= 11 is 0. The van der Waals surface area contributed by atoms with Crippen LogP contribution in [-0.2, 0) is 9.59 Å². The Balaban J connectivity index is 2.93. The zero-order chi connectivity index (χ0) is 18.9. The molecule has 0 heterocycles. The summed E-state index contributed by atoms with van der Waals surface area (Å²) in [5, 5.41) is 20.2. The van der Waals surface area contributed by atoms with Gasteiger partial charge < -0.3 is 10.2 Å². The van der Waals surface area contributed by atoms with E-state index in [4.69, 9.17) is 0 Å². The van der Waals surface area contributed by atoms with Crippen molar-refractivity contribution in [2.75, 3.05) is 0 Å². The average molecular weight is 353 g/mol. The van der Waals surface area contributed by atoms with Gasteiger partial charge in [0, 0.05) is 0 Å².